The van der Waals surface area contributed by atoms with Gasteiger partial charge < -0.3 is 4.48 Å². The second-order valence-electron chi connectivity index (χ2n) is 6.11. The van der Waals surface area contributed by atoms with Gasteiger partial charge >= 0.3 is 0 Å². The molecule has 1 heteroatoms. The molecule has 0 saturated heterocycles. The van der Waals surface area contributed by atoms with Crippen molar-refractivity contribution in [3.05, 3.63) is 35.9 Å². The molecule has 1 aromatic rings. The highest BCUT2D eigenvalue weighted by atomic mass is 15.3. The topological polar surface area (TPSA) is 0 Å². The van der Waals surface area contributed by atoms with Gasteiger partial charge in [-0.05, 0) is 26.7 Å². The minimum atomic E-state index is 1.20. The lowest BCUT2D eigenvalue weighted by atomic mass is 10.1. The van der Waals surface area contributed by atoms with E-state index in [-0.39, 0.29) is 0 Å². The van der Waals surface area contributed by atoms with Crippen LogP contribution in [0.1, 0.15) is 64.9 Å². The summed E-state index contributed by atoms with van der Waals surface area (Å²) in [4.78, 5) is 0. The molecule has 0 atom stereocenters. The van der Waals surface area contributed by atoms with E-state index < -0.39 is 0 Å². The molecule has 0 aliphatic carbocycles. The molecule has 1 rings (SSSR count). The van der Waals surface area contributed by atoms with E-state index in [0.29, 0.717) is 0 Å². The van der Waals surface area contributed by atoms with Gasteiger partial charge in [-0.3, -0.25) is 0 Å². The highest BCUT2D eigenvalue weighted by Gasteiger charge is 2.22. The normalized spacial score (nSPS) is 11.8. The molecule has 20 heavy (non-hydrogen) atoms. The average molecular weight is 276 g/mol. The largest absolute Gasteiger partial charge is 0.320 e. The summed E-state index contributed by atoms with van der Waals surface area (Å²) >= 11 is 0. The van der Waals surface area contributed by atoms with Crippen molar-refractivity contribution in [2.75, 3.05) is 19.6 Å². The van der Waals surface area contributed by atoms with Crippen molar-refractivity contribution in [2.45, 2.75) is 65.8 Å². The van der Waals surface area contributed by atoms with Crippen LogP contribution in [0.3, 0.4) is 0 Å². The van der Waals surface area contributed by atoms with E-state index in [9.17, 15) is 0 Å². The van der Waals surface area contributed by atoms with Crippen LogP contribution in [-0.4, -0.2) is 24.1 Å². The fourth-order valence-electron chi connectivity index (χ4n) is 3.04. The Hall–Kier alpha value is -0.820. The predicted molar refractivity (Wildman–Crippen MR) is 89.7 cm³/mol. The van der Waals surface area contributed by atoms with Crippen molar-refractivity contribution in [2.24, 2.45) is 0 Å². The molecule has 1 aromatic carbocycles. The fourth-order valence-corrected chi connectivity index (χ4v) is 3.04. The molecule has 1 nitrogen and oxygen atoms in total. The van der Waals surface area contributed by atoms with Gasteiger partial charge in [0.15, 0.2) is 0 Å². The zero-order chi connectivity index (χ0) is 14.7. The number of benzene rings is 1. The van der Waals surface area contributed by atoms with Crippen LogP contribution in [0.5, 0.6) is 0 Å². The van der Waals surface area contributed by atoms with E-state index >= 15 is 0 Å². The molecule has 0 bridgehead atoms. The summed E-state index contributed by atoms with van der Waals surface area (Å²) < 4.78 is 1.25. The molecule has 0 aromatic heterocycles. The van der Waals surface area contributed by atoms with E-state index in [2.05, 4.69) is 51.1 Å². The molecule has 0 aliphatic heterocycles. The van der Waals surface area contributed by atoms with Crippen molar-refractivity contribution in [1.82, 2.24) is 0 Å². The Morgan fingerprint density at radius 2 is 1.35 bits per heavy atom. The summed E-state index contributed by atoms with van der Waals surface area (Å²) in [5.41, 5.74) is 1.49. The van der Waals surface area contributed by atoms with E-state index in [0.717, 1.165) is 0 Å². The van der Waals surface area contributed by atoms with Crippen molar-refractivity contribution in [3.8, 4) is 0 Å². The molecule has 0 fully saturated rings. The number of unbranched alkanes of at least 4 members (excludes halogenated alkanes) is 5. The third-order valence-electron chi connectivity index (χ3n) is 4.69. The maximum atomic E-state index is 2.35. The fraction of sp³-hybridized carbons (Fsp3) is 0.684. The second kappa shape index (κ2) is 9.99. The molecular weight excluding hydrogens is 242 g/mol. The summed E-state index contributed by atoms with van der Waals surface area (Å²) in [6.07, 6.45) is 8.40. The van der Waals surface area contributed by atoms with Gasteiger partial charge in [-0.25, -0.2) is 0 Å². The first-order chi connectivity index (χ1) is 9.76. The monoisotopic (exact) mass is 276 g/mol. The molecule has 0 N–H and O–H groups in total. The van der Waals surface area contributed by atoms with Crippen LogP contribution in [-0.2, 0) is 6.54 Å². The quantitative estimate of drug-likeness (QED) is 0.375. The van der Waals surface area contributed by atoms with Crippen LogP contribution in [0.4, 0.5) is 0 Å². The summed E-state index contributed by atoms with van der Waals surface area (Å²) in [5, 5.41) is 0. The Balaban J connectivity index is 2.41. The lowest BCUT2D eigenvalue weighted by Gasteiger charge is -2.37. The van der Waals surface area contributed by atoms with E-state index in [1.54, 1.807) is 0 Å². The van der Waals surface area contributed by atoms with Crippen LogP contribution < -0.4 is 0 Å². The van der Waals surface area contributed by atoms with Gasteiger partial charge in [0, 0.05) is 5.56 Å². The second-order valence-corrected chi connectivity index (χ2v) is 6.11. The van der Waals surface area contributed by atoms with E-state index in [1.165, 1.54) is 74.8 Å². The Kier molecular flexibility index (Phi) is 8.60. The number of hydrogen-bond acceptors (Lipinski definition) is 0. The van der Waals surface area contributed by atoms with Crippen LogP contribution in [0.25, 0.3) is 0 Å². The Morgan fingerprint density at radius 1 is 0.750 bits per heavy atom. The van der Waals surface area contributed by atoms with Gasteiger partial charge in [0.05, 0.1) is 19.6 Å². The highest BCUT2D eigenvalue weighted by Crippen LogP contribution is 2.17. The average Bonchev–Trinajstić information content (AvgIpc) is 2.50. The van der Waals surface area contributed by atoms with Gasteiger partial charge in [0.2, 0.25) is 0 Å². The predicted octanol–water partition coefficient (Wildman–Crippen LogP) is 5.40. The van der Waals surface area contributed by atoms with E-state index in [4.69, 9.17) is 0 Å². The van der Waals surface area contributed by atoms with Crippen LogP contribution in [0.15, 0.2) is 30.3 Å². The lowest BCUT2D eigenvalue weighted by Crippen LogP contribution is -2.47. The minimum absolute atomic E-state index is 1.20. The molecule has 114 valence electrons. The zero-order valence-electron chi connectivity index (χ0n) is 13.9. The molecular formula is C19H34N+. The van der Waals surface area contributed by atoms with Crippen molar-refractivity contribution >= 4 is 0 Å². The maximum Gasteiger partial charge on any atom is 0.104 e. The Morgan fingerprint density at radius 3 is 1.95 bits per heavy atom. The van der Waals surface area contributed by atoms with Crippen LogP contribution in [0, 0.1) is 0 Å². The maximum absolute atomic E-state index is 2.35. The first-order valence-electron chi connectivity index (χ1n) is 8.65. The Bertz CT molecular complexity index is 327. The van der Waals surface area contributed by atoms with Gasteiger partial charge in [0.25, 0.3) is 0 Å². The molecule has 0 radical (unpaired) electrons. The number of hydrogen-bond donors (Lipinski definition) is 0. The standard InChI is InChI=1S/C19H34N/c1-4-7-8-9-10-14-17-20(5-2,6-3)18-19-15-12-11-13-16-19/h11-13,15-16H,4-10,14,17-18H2,1-3H3/q+1. The first-order valence-corrected chi connectivity index (χ1v) is 8.65. The summed E-state index contributed by atoms with van der Waals surface area (Å²) in [5.74, 6) is 0. The molecule has 0 saturated carbocycles. The third kappa shape index (κ3) is 6.09. The number of quaternary nitrogens is 1. The SMILES string of the molecule is CCCCCCCC[N+](CC)(CC)Cc1ccccc1. The number of rotatable bonds is 11. The van der Waals surface area contributed by atoms with E-state index in [1.807, 2.05) is 0 Å². The van der Waals surface area contributed by atoms with Gasteiger partial charge in [-0.15, -0.1) is 0 Å². The van der Waals surface area contributed by atoms with Crippen molar-refractivity contribution < 1.29 is 4.48 Å². The Labute approximate surface area is 126 Å². The van der Waals surface area contributed by atoms with Crippen molar-refractivity contribution in [1.29, 1.82) is 0 Å². The highest BCUT2D eigenvalue weighted by molar-refractivity contribution is 5.13. The van der Waals surface area contributed by atoms with Crippen molar-refractivity contribution in [3.63, 3.8) is 0 Å². The summed E-state index contributed by atoms with van der Waals surface area (Å²) in [7, 11) is 0. The first kappa shape index (κ1) is 17.2. The minimum Gasteiger partial charge on any atom is -0.320 e. The smallest absolute Gasteiger partial charge is 0.104 e. The lowest BCUT2D eigenvalue weighted by molar-refractivity contribution is -0.938. The van der Waals surface area contributed by atoms with Gasteiger partial charge in [0.1, 0.15) is 6.54 Å². The molecule has 0 spiro atoms. The van der Waals surface area contributed by atoms with Gasteiger partial charge in [-0.1, -0.05) is 62.9 Å². The van der Waals surface area contributed by atoms with Crippen LogP contribution in [0.2, 0.25) is 0 Å². The molecule has 0 amide bonds. The van der Waals surface area contributed by atoms with Crippen LogP contribution >= 0.6 is 0 Å². The zero-order valence-corrected chi connectivity index (χ0v) is 13.9. The summed E-state index contributed by atoms with van der Waals surface area (Å²) in [6, 6.07) is 11.0. The third-order valence-corrected chi connectivity index (χ3v) is 4.69. The van der Waals surface area contributed by atoms with Gasteiger partial charge in [-0.2, -0.15) is 0 Å². The summed E-state index contributed by atoms with van der Waals surface area (Å²) in [6.45, 7) is 12.0. The number of nitrogens with zero attached hydrogens (tertiary/aromatic N) is 1. The molecule has 0 heterocycles. The molecule has 0 aliphatic rings. The molecule has 0 unspecified atom stereocenters.